The molecule has 0 aromatic carbocycles. The second kappa shape index (κ2) is 5.71. The van der Waals surface area contributed by atoms with Crippen LogP contribution in [0.4, 0.5) is 5.95 Å². The number of carbonyl (C=O) groups excluding carboxylic acids is 1. The van der Waals surface area contributed by atoms with Gasteiger partial charge in [0.05, 0.1) is 0 Å². The first-order valence-electron chi connectivity index (χ1n) is 9.58. The van der Waals surface area contributed by atoms with Crippen LogP contribution in [0.1, 0.15) is 32.1 Å². The average molecular weight is 326 g/mol. The molecule has 2 heterocycles. The summed E-state index contributed by atoms with van der Waals surface area (Å²) in [7, 11) is 0. The molecule has 1 aliphatic heterocycles. The molecule has 6 rings (SSSR count). The molecule has 1 aromatic heterocycles. The first kappa shape index (κ1) is 14.7. The molecule has 4 saturated carbocycles. The first-order chi connectivity index (χ1) is 11.8. The monoisotopic (exact) mass is 326 g/mol. The topological polar surface area (TPSA) is 49.3 Å². The third-order valence-electron chi connectivity index (χ3n) is 6.94. The normalized spacial score (nSPS) is 37.8. The fourth-order valence-electron chi connectivity index (χ4n) is 6.12. The summed E-state index contributed by atoms with van der Waals surface area (Å²) < 4.78 is 0. The van der Waals surface area contributed by atoms with Gasteiger partial charge in [-0.05, 0) is 61.8 Å². The maximum Gasteiger partial charge on any atom is 0.226 e. The van der Waals surface area contributed by atoms with Crippen LogP contribution in [0.3, 0.4) is 0 Å². The van der Waals surface area contributed by atoms with Crippen molar-refractivity contribution in [2.24, 2.45) is 29.6 Å². The van der Waals surface area contributed by atoms with E-state index >= 15 is 0 Å². The smallest absolute Gasteiger partial charge is 0.226 e. The molecule has 0 radical (unpaired) electrons. The van der Waals surface area contributed by atoms with Crippen molar-refractivity contribution in [3.63, 3.8) is 0 Å². The Bertz CT molecular complexity index is 583. The summed E-state index contributed by atoms with van der Waals surface area (Å²) in [5, 5.41) is 0. The van der Waals surface area contributed by atoms with Crippen molar-refractivity contribution < 1.29 is 4.79 Å². The van der Waals surface area contributed by atoms with Crippen LogP contribution in [-0.4, -0.2) is 47.0 Å². The fraction of sp³-hybridized carbons (Fsp3) is 0.737. The predicted octanol–water partition coefficient (Wildman–Crippen LogP) is 2.20. The second-order valence-corrected chi connectivity index (χ2v) is 8.32. The molecule has 0 spiro atoms. The lowest BCUT2D eigenvalue weighted by Gasteiger charge is -2.54. The number of rotatable bonds is 2. The van der Waals surface area contributed by atoms with Crippen molar-refractivity contribution in [2.45, 2.75) is 32.1 Å². The van der Waals surface area contributed by atoms with Crippen LogP contribution in [0.15, 0.2) is 18.5 Å². The standard InChI is InChI=1S/C19H26N4O/c24-18(17-15-9-13-8-14(11-15)12-16(17)10-13)22-4-6-23(7-5-22)19-20-2-1-3-21-19/h1-3,13-17H,4-12H2. The highest BCUT2D eigenvalue weighted by Crippen LogP contribution is 2.56. The van der Waals surface area contributed by atoms with Crippen molar-refractivity contribution >= 4 is 11.9 Å². The number of anilines is 1. The third-order valence-corrected chi connectivity index (χ3v) is 6.94. The van der Waals surface area contributed by atoms with Gasteiger partial charge in [-0.25, -0.2) is 9.97 Å². The van der Waals surface area contributed by atoms with Crippen LogP contribution in [0.25, 0.3) is 0 Å². The van der Waals surface area contributed by atoms with E-state index in [4.69, 9.17) is 0 Å². The zero-order chi connectivity index (χ0) is 16.1. The van der Waals surface area contributed by atoms with Crippen molar-refractivity contribution in [3.05, 3.63) is 18.5 Å². The highest BCUT2D eigenvalue weighted by molar-refractivity contribution is 5.80. The first-order valence-corrected chi connectivity index (χ1v) is 9.58. The molecule has 4 aliphatic carbocycles. The number of aromatic nitrogens is 2. The van der Waals surface area contributed by atoms with E-state index in [-0.39, 0.29) is 0 Å². The van der Waals surface area contributed by atoms with Gasteiger partial charge in [-0.15, -0.1) is 0 Å². The van der Waals surface area contributed by atoms with Gasteiger partial charge in [0.15, 0.2) is 0 Å². The zero-order valence-electron chi connectivity index (χ0n) is 14.2. The average Bonchev–Trinajstić information content (AvgIpc) is 2.61. The zero-order valence-corrected chi connectivity index (χ0v) is 14.2. The summed E-state index contributed by atoms with van der Waals surface area (Å²) in [5.74, 6) is 4.81. The number of nitrogens with zero attached hydrogens (tertiary/aromatic N) is 4. The summed E-state index contributed by atoms with van der Waals surface area (Å²) in [6.07, 6.45) is 10.3. The molecule has 1 aromatic rings. The van der Waals surface area contributed by atoms with Crippen LogP contribution in [0.2, 0.25) is 0 Å². The van der Waals surface area contributed by atoms with Gasteiger partial charge in [-0.2, -0.15) is 0 Å². The van der Waals surface area contributed by atoms with E-state index in [2.05, 4.69) is 19.8 Å². The SMILES string of the molecule is O=C(C1C2CC3CC(C2)CC1C3)N1CCN(c2ncccn2)CC1. The largest absolute Gasteiger partial charge is 0.339 e. The summed E-state index contributed by atoms with van der Waals surface area (Å²) in [6, 6.07) is 1.84. The lowest BCUT2D eigenvalue weighted by Crippen LogP contribution is -2.56. The molecule has 5 fully saturated rings. The maximum atomic E-state index is 13.2. The molecule has 0 N–H and O–H groups in total. The number of piperazine rings is 1. The number of hydrogen-bond acceptors (Lipinski definition) is 4. The highest BCUT2D eigenvalue weighted by Gasteiger charge is 2.51. The lowest BCUT2D eigenvalue weighted by atomic mass is 9.51. The molecule has 0 atom stereocenters. The molecule has 5 aliphatic rings. The Labute approximate surface area is 143 Å². The Hall–Kier alpha value is -1.65. The molecule has 5 nitrogen and oxygen atoms in total. The van der Waals surface area contributed by atoms with E-state index in [1.54, 1.807) is 12.4 Å². The van der Waals surface area contributed by atoms with Gasteiger partial charge in [0.1, 0.15) is 0 Å². The Morgan fingerprint density at radius 1 is 0.875 bits per heavy atom. The predicted molar refractivity (Wildman–Crippen MR) is 91.4 cm³/mol. The van der Waals surface area contributed by atoms with Gasteiger partial charge in [0, 0.05) is 44.5 Å². The minimum absolute atomic E-state index is 0.331. The van der Waals surface area contributed by atoms with Crippen molar-refractivity contribution in [2.75, 3.05) is 31.1 Å². The molecular weight excluding hydrogens is 300 g/mol. The lowest BCUT2D eigenvalue weighted by molar-refractivity contribution is -0.149. The van der Waals surface area contributed by atoms with Gasteiger partial charge in [-0.3, -0.25) is 4.79 Å². The highest BCUT2D eigenvalue weighted by atomic mass is 16.2. The molecule has 4 bridgehead atoms. The van der Waals surface area contributed by atoms with Crippen LogP contribution < -0.4 is 4.90 Å². The Kier molecular flexibility index (Phi) is 3.49. The Morgan fingerprint density at radius 2 is 1.46 bits per heavy atom. The quantitative estimate of drug-likeness (QED) is 0.836. The van der Waals surface area contributed by atoms with Crippen LogP contribution in [-0.2, 0) is 4.79 Å². The molecule has 0 unspecified atom stereocenters. The molecule has 1 saturated heterocycles. The van der Waals surface area contributed by atoms with Gasteiger partial charge in [-0.1, -0.05) is 0 Å². The van der Waals surface area contributed by atoms with E-state index < -0.39 is 0 Å². The van der Waals surface area contributed by atoms with Gasteiger partial charge < -0.3 is 9.80 Å². The fourth-order valence-corrected chi connectivity index (χ4v) is 6.12. The van der Waals surface area contributed by atoms with Gasteiger partial charge in [0.2, 0.25) is 11.9 Å². The van der Waals surface area contributed by atoms with Gasteiger partial charge >= 0.3 is 0 Å². The van der Waals surface area contributed by atoms with Crippen LogP contribution in [0.5, 0.6) is 0 Å². The molecule has 24 heavy (non-hydrogen) atoms. The van der Waals surface area contributed by atoms with Gasteiger partial charge in [0.25, 0.3) is 0 Å². The molecular formula is C19H26N4O. The van der Waals surface area contributed by atoms with Crippen LogP contribution in [0, 0.1) is 29.6 Å². The number of hydrogen-bond donors (Lipinski definition) is 0. The van der Waals surface area contributed by atoms with Crippen molar-refractivity contribution in [1.82, 2.24) is 14.9 Å². The van der Waals surface area contributed by atoms with E-state index in [0.717, 1.165) is 44.0 Å². The van der Waals surface area contributed by atoms with E-state index in [0.29, 0.717) is 23.7 Å². The summed E-state index contributed by atoms with van der Waals surface area (Å²) in [4.78, 5) is 26.2. The van der Waals surface area contributed by atoms with E-state index in [1.165, 1.54) is 32.1 Å². The van der Waals surface area contributed by atoms with E-state index in [1.807, 2.05) is 6.07 Å². The number of amides is 1. The number of carbonyl (C=O) groups is 1. The molecule has 5 heteroatoms. The second-order valence-electron chi connectivity index (χ2n) is 8.32. The third kappa shape index (κ3) is 2.40. The Balaban J connectivity index is 1.25. The van der Waals surface area contributed by atoms with Crippen LogP contribution >= 0.6 is 0 Å². The summed E-state index contributed by atoms with van der Waals surface area (Å²) in [5.41, 5.74) is 0. The minimum Gasteiger partial charge on any atom is -0.339 e. The van der Waals surface area contributed by atoms with Crippen molar-refractivity contribution in [3.8, 4) is 0 Å². The summed E-state index contributed by atoms with van der Waals surface area (Å²) >= 11 is 0. The maximum absolute atomic E-state index is 13.2. The van der Waals surface area contributed by atoms with E-state index in [9.17, 15) is 4.79 Å². The summed E-state index contributed by atoms with van der Waals surface area (Å²) in [6.45, 7) is 3.34. The van der Waals surface area contributed by atoms with Crippen molar-refractivity contribution in [1.29, 1.82) is 0 Å². The molecule has 128 valence electrons. The minimum atomic E-state index is 0.331. The molecule has 1 amide bonds. The Morgan fingerprint density at radius 3 is 2.04 bits per heavy atom.